The molecule has 1 amide bonds. The quantitative estimate of drug-likeness (QED) is 0.746. The lowest BCUT2D eigenvalue weighted by Gasteiger charge is -2.22. The molecule has 0 fully saturated rings. The lowest BCUT2D eigenvalue weighted by Crippen LogP contribution is -2.28. The van der Waals surface area contributed by atoms with Crippen molar-refractivity contribution < 1.29 is 9.90 Å². The van der Waals surface area contributed by atoms with Gasteiger partial charge in [0.15, 0.2) is 5.01 Å². The Morgan fingerprint density at radius 3 is 2.62 bits per heavy atom. The van der Waals surface area contributed by atoms with Gasteiger partial charge >= 0.3 is 0 Å². The predicted octanol–water partition coefficient (Wildman–Crippen LogP) is 2.84. The van der Waals surface area contributed by atoms with E-state index in [1.165, 1.54) is 11.3 Å². The average molecular weight is 340 g/mol. The fourth-order valence-electron chi connectivity index (χ4n) is 2.24. The summed E-state index contributed by atoms with van der Waals surface area (Å²) in [6, 6.07) is 14.6. The van der Waals surface area contributed by atoms with Crippen molar-refractivity contribution in [2.45, 2.75) is 18.9 Å². The maximum atomic E-state index is 12.2. The summed E-state index contributed by atoms with van der Waals surface area (Å²) in [6.07, 6.45) is 1.60. The Morgan fingerprint density at radius 2 is 1.92 bits per heavy atom. The molecule has 0 saturated carbocycles. The van der Waals surface area contributed by atoms with Gasteiger partial charge in [0.1, 0.15) is 5.69 Å². The molecule has 3 aromatic rings. The highest BCUT2D eigenvalue weighted by Crippen LogP contribution is 2.27. The summed E-state index contributed by atoms with van der Waals surface area (Å²) >= 11 is 1.24. The molecule has 0 saturated heterocycles. The first kappa shape index (κ1) is 16.2. The van der Waals surface area contributed by atoms with Crippen LogP contribution < -0.4 is 5.32 Å². The Bertz CT molecular complexity index is 819. The van der Waals surface area contributed by atoms with Gasteiger partial charge in [-0.15, -0.1) is 10.2 Å². The number of rotatable bonds is 5. The van der Waals surface area contributed by atoms with Gasteiger partial charge in [0, 0.05) is 6.20 Å². The molecule has 6 nitrogen and oxygen atoms in total. The topological polar surface area (TPSA) is 88.0 Å². The zero-order valence-electron chi connectivity index (χ0n) is 13.0. The fourth-order valence-corrected chi connectivity index (χ4v) is 2.98. The molecule has 2 N–H and O–H groups in total. The van der Waals surface area contributed by atoms with Crippen LogP contribution in [0.1, 0.15) is 18.9 Å². The summed E-state index contributed by atoms with van der Waals surface area (Å²) in [5.74, 6) is -0.326. The number of anilines is 1. The van der Waals surface area contributed by atoms with E-state index in [4.69, 9.17) is 0 Å². The molecule has 24 heavy (non-hydrogen) atoms. The summed E-state index contributed by atoms with van der Waals surface area (Å²) in [7, 11) is 0. The van der Waals surface area contributed by atoms with Crippen molar-refractivity contribution in [1.82, 2.24) is 15.2 Å². The summed E-state index contributed by atoms with van der Waals surface area (Å²) in [5.41, 5.74) is 0.137. The van der Waals surface area contributed by atoms with E-state index in [1.807, 2.05) is 36.4 Å². The van der Waals surface area contributed by atoms with Gasteiger partial charge < -0.3 is 10.4 Å². The number of nitrogens with zero attached hydrogens (tertiary/aromatic N) is 3. The maximum Gasteiger partial charge on any atom is 0.229 e. The molecule has 0 spiro atoms. The van der Waals surface area contributed by atoms with Crippen LogP contribution in [0.25, 0.3) is 10.7 Å². The van der Waals surface area contributed by atoms with E-state index in [2.05, 4.69) is 20.5 Å². The van der Waals surface area contributed by atoms with Crippen LogP contribution in [0.3, 0.4) is 0 Å². The molecule has 0 aliphatic heterocycles. The number of carbonyl (C=O) groups excluding carboxylic acids is 1. The van der Waals surface area contributed by atoms with Gasteiger partial charge in [-0.1, -0.05) is 47.7 Å². The lowest BCUT2D eigenvalue weighted by atomic mass is 9.92. The second-order valence-electron chi connectivity index (χ2n) is 5.49. The van der Waals surface area contributed by atoms with Gasteiger partial charge in [-0.2, -0.15) is 0 Å². The van der Waals surface area contributed by atoms with Crippen LogP contribution in [0.5, 0.6) is 0 Å². The number of amides is 1. The molecule has 2 aromatic heterocycles. The molecule has 1 unspecified atom stereocenters. The number of aromatic nitrogens is 3. The van der Waals surface area contributed by atoms with E-state index in [0.717, 1.165) is 0 Å². The van der Waals surface area contributed by atoms with Crippen LogP contribution in [0, 0.1) is 0 Å². The Labute approximate surface area is 143 Å². The van der Waals surface area contributed by atoms with Gasteiger partial charge in [0.2, 0.25) is 11.0 Å². The molecule has 3 rings (SSSR count). The number of hydrogen-bond donors (Lipinski definition) is 2. The van der Waals surface area contributed by atoms with Crippen molar-refractivity contribution in [2.24, 2.45) is 0 Å². The van der Waals surface area contributed by atoms with Crippen LogP contribution in [-0.4, -0.2) is 26.2 Å². The fraction of sp³-hybridized carbons (Fsp3) is 0.176. The van der Waals surface area contributed by atoms with E-state index < -0.39 is 5.60 Å². The Morgan fingerprint density at radius 1 is 1.17 bits per heavy atom. The van der Waals surface area contributed by atoms with Crippen LogP contribution in [0.2, 0.25) is 0 Å². The van der Waals surface area contributed by atoms with Crippen molar-refractivity contribution in [3.8, 4) is 10.7 Å². The summed E-state index contributed by atoms with van der Waals surface area (Å²) in [6.45, 7) is 1.61. The van der Waals surface area contributed by atoms with E-state index in [1.54, 1.807) is 25.3 Å². The smallest absolute Gasteiger partial charge is 0.229 e. The zero-order chi connectivity index (χ0) is 17.0. The average Bonchev–Trinajstić information content (AvgIpc) is 3.04. The van der Waals surface area contributed by atoms with E-state index in [-0.39, 0.29) is 12.3 Å². The third-order valence-electron chi connectivity index (χ3n) is 3.46. The highest BCUT2D eigenvalue weighted by atomic mass is 32.1. The number of pyridine rings is 1. The highest BCUT2D eigenvalue weighted by molar-refractivity contribution is 7.18. The minimum Gasteiger partial charge on any atom is -0.385 e. The molecular weight excluding hydrogens is 324 g/mol. The number of carbonyl (C=O) groups is 1. The van der Waals surface area contributed by atoms with Crippen molar-refractivity contribution in [1.29, 1.82) is 0 Å². The van der Waals surface area contributed by atoms with Gasteiger partial charge in [-0.3, -0.25) is 9.78 Å². The van der Waals surface area contributed by atoms with Crippen LogP contribution in [0.15, 0.2) is 54.7 Å². The highest BCUT2D eigenvalue weighted by Gasteiger charge is 2.27. The van der Waals surface area contributed by atoms with Crippen LogP contribution >= 0.6 is 11.3 Å². The number of benzene rings is 1. The van der Waals surface area contributed by atoms with Crippen LogP contribution in [0.4, 0.5) is 5.13 Å². The molecule has 0 bridgehead atoms. The Hall–Kier alpha value is -2.64. The molecule has 0 radical (unpaired) electrons. The number of nitrogens with one attached hydrogen (secondary N) is 1. The minimum atomic E-state index is -1.25. The third-order valence-corrected chi connectivity index (χ3v) is 4.32. The van der Waals surface area contributed by atoms with E-state index >= 15 is 0 Å². The minimum absolute atomic E-state index is 0.0739. The second-order valence-corrected chi connectivity index (χ2v) is 6.47. The second kappa shape index (κ2) is 6.86. The molecule has 0 aliphatic rings. The van der Waals surface area contributed by atoms with Gasteiger partial charge in [-0.05, 0) is 24.6 Å². The summed E-state index contributed by atoms with van der Waals surface area (Å²) < 4.78 is 0. The standard InChI is InChI=1S/C17H16N4O2S/c1-17(23,12-7-3-2-4-8-12)11-14(22)19-16-21-20-15(24-16)13-9-5-6-10-18-13/h2-10,23H,11H2,1H3,(H,19,21,22). The van der Waals surface area contributed by atoms with Gasteiger partial charge in [-0.25, -0.2) is 0 Å². The Kier molecular flexibility index (Phi) is 4.64. The molecule has 122 valence electrons. The molecule has 0 aliphatic carbocycles. The van der Waals surface area contributed by atoms with Crippen molar-refractivity contribution in [3.63, 3.8) is 0 Å². The van der Waals surface area contributed by atoms with E-state index in [9.17, 15) is 9.90 Å². The van der Waals surface area contributed by atoms with Gasteiger partial charge in [0.25, 0.3) is 0 Å². The van der Waals surface area contributed by atoms with Crippen molar-refractivity contribution in [2.75, 3.05) is 5.32 Å². The Balaban J connectivity index is 1.66. The lowest BCUT2D eigenvalue weighted by molar-refractivity contribution is -0.120. The third kappa shape index (κ3) is 3.81. The molecule has 1 atom stereocenters. The summed E-state index contributed by atoms with van der Waals surface area (Å²) in [5, 5.41) is 22.2. The van der Waals surface area contributed by atoms with Crippen molar-refractivity contribution >= 4 is 22.4 Å². The van der Waals surface area contributed by atoms with Crippen LogP contribution in [-0.2, 0) is 10.4 Å². The molecular formula is C17H16N4O2S. The van der Waals surface area contributed by atoms with E-state index in [0.29, 0.717) is 21.4 Å². The first-order valence-electron chi connectivity index (χ1n) is 7.37. The molecule has 2 heterocycles. The SMILES string of the molecule is CC(O)(CC(=O)Nc1nnc(-c2ccccn2)s1)c1ccccc1. The zero-order valence-corrected chi connectivity index (χ0v) is 13.8. The predicted molar refractivity (Wildman–Crippen MR) is 92.4 cm³/mol. The molecule has 7 heteroatoms. The first-order valence-corrected chi connectivity index (χ1v) is 8.19. The first-order chi connectivity index (χ1) is 11.5. The largest absolute Gasteiger partial charge is 0.385 e. The van der Waals surface area contributed by atoms with Crippen molar-refractivity contribution in [3.05, 3.63) is 60.3 Å². The number of aliphatic hydroxyl groups is 1. The summed E-state index contributed by atoms with van der Waals surface area (Å²) in [4.78, 5) is 16.4. The van der Waals surface area contributed by atoms with Gasteiger partial charge in [0.05, 0.1) is 12.0 Å². The maximum absolute atomic E-state index is 12.2. The monoisotopic (exact) mass is 340 g/mol. The number of hydrogen-bond acceptors (Lipinski definition) is 6. The molecule has 1 aromatic carbocycles. The normalized spacial score (nSPS) is 13.2.